The molecule has 1 aromatic rings. The lowest BCUT2D eigenvalue weighted by Crippen LogP contribution is -2.24. The Morgan fingerprint density at radius 1 is 1.35 bits per heavy atom. The molecule has 0 aliphatic rings. The predicted molar refractivity (Wildman–Crippen MR) is 73.0 cm³/mol. The van der Waals surface area contributed by atoms with Crippen LogP contribution in [-0.4, -0.2) is 29.4 Å². The van der Waals surface area contributed by atoms with E-state index in [1.165, 1.54) is 5.56 Å². The largest absolute Gasteiger partial charge is 0.497 e. The zero-order valence-electron chi connectivity index (χ0n) is 10.7. The van der Waals surface area contributed by atoms with Crippen LogP contribution in [0.25, 0.3) is 0 Å². The average Bonchev–Trinajstić information content (AvgIpc) is 2.38. The highest BCUT2D eigenvalue weighted by Gasteiger charge is 2.05. The zero-order chi connectivity index (χ0) is 12.7. The summed E-state index contributed by atoms with van der Waals surface area (Å²) in [5.41, 5.74) is 1.22. The fraction of sp³-hybridized carbons (Fsp3) is 0.538. The number of benzene rings is 1. The molecule has 0 aliphatic carbocycles. The van der Waals surface area contributed by atoms with Crippen molar-refractivity contribution < 1.29 is 8.95 Å². The van der Waals surface area contributed by atoms with E-state index in [2.05, 4.69) is 12.2 Å². The minimum atomic E-state index is -0.687. The summed E-state index contributed by atoms with van der Waals surface area (Å²) in [6, 6.07) is 8.28. The molecule has 2 unspecified atom stereocenters. The highest BCUT2D eigenvalue weighted by atomic mass is 32.2. The van der Waals surface area contributed by atoms with Gasteiger partial charge in [-0.3, -0.25) is 4.21 Å². The summed E-state index contributed by atoms with van der Waals surface area (Å²) >= 11 is 0. The third-order valence-corrected chi connectivity index (χ3v) is 4.02. The first-order valence-electron chi connectivity index (χ1n) is 5.89. The van der Waals surface area contributed by atoms with Gasteiger partial charge in [-0.05, 0) is 24.6 Å². The molecule has 0 spiro atoms. The van der Waals surface area contributed by atoms with Crippen molar-refractivity contribution in [1.82, 2.24) is 5.32 Å². The monoisotopic (exact) mass is 255 g/mol. The SMILES string of the molecule is CCS(=O)CCNC(C)c1ccc(OC)cc1. The summed E-state index contributed by atoms with van der Waals surface area (Å²) < 4.78 is 16.4. The molecular weight excluding hydrogens is 234 g/mol. The number of hydrogen-bond acceptors (Lipinski definition) is 3. The number of ether oxygens (including phenoxy) is 1. The summed E-state index contributed by atoms with van der Waals surface area (Å²) in [6.07, 6.45) is 0. The third kappa shape index (κ3) is 4.88. The molecule has 0 saturated carbocycles. The topological polar surface area (TPSA) is 38.3 Å². The van der Waals surface area contributed by atoms with Crippen LogP contribution in [0.4, 0.5) is 0 Å². The van der Waals surface area contributed by atoms with Crippen molar-refractivity contribution in [2.45, 2.75) is 19.9 Å². The van der Waals surface area contributed by atoms with Crippen molar-refractivity contribution in [1.29, 1.82) is 0 Å². The first-order valence-corrected chi connectivity index (χ1v) is 7.38. The first-order chi connectivity index (χ1) is 8.17. The smallest absolute Gasteiger partial charge is 0.118 e. The zero-order valence-corrected chi connectivity index (χ0v) is 11.5. The van der Waals surface area contributed by atoms with Crippen molar-refractivity contribution in [2.75, 3.05) is 25.2 Å². The normalized spacial score (nSPS) is 14.3. The maximum absolute atomic E-state index is 11.3. The van der Waals surface area contributed by atoms with Crippen molar-refractivity contribution >= 4 is 10.8 Å². The Morgan fingerprint density at radius 3 is 2.53 bits per heavy atom. The molecule has 1 N–H and O–H groups in total. The molecule has 0 amide bonds. The third-order valence-electron chi connectivity index (χ3n) is 2.72. The molecule has 0 aliphatic heterocycles. The van der Waals surface area contributed by atoms with Crippen molar-refractivity contribution in [3.63, 3.8) is 0 Å². The van der Waals surface area contributed by atoms with E-state index in [4.69, 9.17) is 4.74 Å². The summed E-state index contributed by atoms with van der Waals surface area (Å²) in [5.74, 6) is 2.32. The van der Waals surface area contributed by atoms with E-state index >= 15 is 0 Å². The second-order valence-corrected chi connectivity index (χ2v) is 5.75. The van der Waals surface area contributed by atoms with Crippen LogP contribution in [0.3, 0.4) is 0 Å². The quantitative estimate of drug-likeness (QED) is 0.811. The number of methoxy groups -OCH3 is 1. The lowest BCUT2D eigenvalue weighted by molar-refractivity contribution is 0.414. The highest BCUT2D eigenvalue weighted by Crippen LogP contribution is 2.16. The summed E-state index contributed by atoms with van der Waals surface area (Å²) in [6.45, 7) is 4.84. The van der Waals surface area contributed by atoms with Crippen LogP contribution in [0.2, 0.25) is 0 Å². The van der Waals surface area contributed by atoms with Gasteiger partial charge in [0.1, 0.15) is 5.75 Å². The maximum Gasteiger partial charge on any atom is 0.118 e. The van der Waals surface area contributed by atoms with E-state index in [9.17, 15) is 4.21 Å². The lowest BCUT2D eigenvalue weighted by Gasteiger charge is -2.14. The van der Waals surface area contributed by atoms with Gasteiger partial charge in [-0.15, -0.1) is 0 Å². The Hall–Kier alpha value is -0.870. The average molecular weight is 255 g/mol. The Kier molecular flexibility index (Phi) is 6.22. The molecule has 0 aromatic heterocycles. The van der Waals surface area contributed by atoms with E-state index in [1.807, 2.05) is 31.2 Å². The van der Waals surface area contributed by atoms with Gasteiger partial charge in [0.05, 0.1) is 7.11 Å². The molecule has 1 rings (SSSR count). The Labute approximate surface area is 106 Å². The minimum absolute atomic E-state index is 0.273. The Morgan fingerprint density at radius 2 is 2.00 bits per heavy atom. The molecule has 0 radical (unpaired) electrons. The second kappa shape index (κ2) is 7.45. The van der Waals surface area contributed by atoms with Crippen molar-refractivity contribution in [3.8, 4) is 5.75 Å². The molecule has 96 valence electrons. The molecule has 0 saturated heterocycles. The van der Waals surface area contributed by atoms with Gasteiger partial charge in [-0.1, -0.05) is 19.1 Å². The highest BCUT2D eigenvalue weighted by molar-refractivity contribution is 7.84. The van der Waals surface area contributed by atoms with Gasteiger partial charge in [0.2, 0.25) is 0 Å². The number of hydrogen-bond donors (Lipinski definition) is 1. The van der Waals surface area contributed by atoms with Gasteiger partial charge in [-0.2, -0.15) is 0 Å². The Bertz CT molecular complexity index is 351. The van der Waals surface area contributed by atoms with Crippen LogP contribution in [0.1, 0.15) is 25.5 Å². The van der Waals surface area contributed by atoms with Crippen molar-refractivity contribution in [2.24, 2.45) is 0 Å². The van der Waals surface area contributed by atoms with Gasteiger partial charge in [0.15, 0.2) is 0 Å². The van der Waals surface area contributed by atoms with Gasteiger partial charge >= 0.3 is 0 Å². The molecular formula is C13H21NO2S. The molecule has 0 fully saturated rings. The van der Waals surface area contributed by atoms with Gasteiger partial charge < -0.3 is 10.1 Å². The lowest BCUT2D eigenvalue weighted by atomic mass is 10.1. The summed E-state index contributed by atoms with van der Waals surface area (Å²) in [5, 5.41) is 3.37. The van der Waals surface area contributed by atoms with E-state index in [-0.39, 0.29) is 6.04 Å². The molecule has 2 atom stereocenters. The fourth-order valence-electron chi connectivity index (χ4n) is 1.54. The van der Waals surface area contributed by atoms with Gasteiger partial charge in [0, 0.05) is 34.9 Å². The standard InChI is InChI=1S/C13H21NO2S/c1-4-17(15)10-9-14-11(2)12-5-7-13(16-3)8-6-12/h5-8,11,14H,4,9-10H2,1-3H3. The summed E-state index contributed by atoms with van der Waals surface area (Å²) in [4.78, 5) is 0. The maximum atomic E-state index is 11.3. The summed E-state index contributed by atoms with van der Waals surface area (Å²) in [7, 11) is 0.976. The van der Waals surface area contributed by atoms with Crippen LogP contribution >= 0.6 is 0 Å². The van der Waals surface area contributed by atoms with Crippen LogP contribution in [0.5, 0.6) is 5.75 Å². The first kappa shape index (κ1) is 14.2. The number of nitrogens with one attached hydrogen (secondary N) is 1. The Balaban J connectivity index is 2.40. The molecule has 1 aromatic carbocycles. The van der Waals surface area contributed by atoms with Crippen LogP contribution in [0.15, 0.2) is 24.3 Å². The van der Waals surface area contributed by atoms with Crippen LogP contribution in [0, 0.1) is 0 Å². The van der Waals surface area contributed by atoms with Crippen LogP contribution < -0.4 is 10.1 Å². The van der Waals surface area contributed by atoms with E-state index in [0.717, 1.165) is 23.8 Å². The van der Waals surface area contributed by atoms with E-state index in [1.54, 1.807) is 7.11 Å². The molecule has 3 nitrogen and oxygen atoms in total. The molecule has 0 heterocycles. The predicted octanol–water partition coefficient (Wildman–Crippen LogP) is 2.11. The van der Waals surface area contributed by atoms with E-state index in [0.29, 0.717) is 0 Å². The molecule has 4 heteroatoms. The van der Waals surface area contributed by atoms with Gasteiger partial charge in [0.25, 0.3) is 0 Å². The minimum Gasteiger partial charge on any atom is -0.497 e. The molecule has 17 heavy (non-hydrogen) atoms. The second-order valence-electron chi connectivity index (χ2n) is 3.88. The van der Waals surface area contributed by atoms with E-state index < -0.39 is 10.8 Å². The fourth-order valence-corrected chi connectivity index (χ4v) is 2.18. The van der Waals surface area contributed by atoms with Gasteiger partial charge in [-0.25, -0.2) is 0 Å². The molecule has 0 bridgehead atoms. The van der Waals surface area contributed by atoms with Crippen LogP contribution in [-0.2, 0) is 10.8 Å². The number of rotatable bonds is 7. The van der Waals surface area contributed by atoms with Crippen molar-refractivity contribution in [3.05, 3.63) is 29.8 Å².